The van der Waals surface area contributed by atoms with Crippen LogP contribution in [0, 0.1) is 0 Å². The Balaban J connectivity index is 1.68. The number of likely N-dealkylation sites (tertiary alicyclic amines) is 1. The van der Waals surface area contributed by atoms with Gasteiger partial charge in [-0.15, -0.1) is 11.3 Å². The molecule has 2 aromatic heterocycles. The molecule has 5 nitrogen and oxygen atoms in total. The van der Waals surface area contributed by atoms with Gasteiger partial charge in [-0.3, -0.25) is 4.90 Å². The van der Waals surface area contributed by atoms with Crippen molar-refractivity contribution in [2.45, 2.75) is 25.5 Å². The summed E-state index contributed by atoms with van der Waals surface area (Å²) in [6, 6.07) is 3.92. The monoisotopic (exact) mass is 265 g/mol. The summed E-state index contributed by atoms with van der Waals surface area (Å²) in [5.74, 6) is 1.25. The van der Waals surface area contributed by atoms with Gasteiger partial charge in [-0.2, -0.15) is 4.98 Å². The number of β-amino-alcohol motifs (C(OH)–C–C–N with tert-alkyl or cyclic N) is 1. The maximum absolute atomic E-state index is 9.89. The summed E-state index contributed by atoms with van der Waals surface area (Å²) in [4.78, 5) is 7.50. The molecule has 0 aromatic carbocycles. The molecule has 1 fully saturated rings. The molecule has 3 heterocycles. The zero-order valence-electron chi connectivity index (χ0n) is 10.2. The van der Waals surface area contributed by atoms with E-state index in [9.17, 15) is 5.11 Å². The van der Waals surface area contributed by atoms with Crippen molar-refractivity contribution in [2.24, 2.45) is 0 Å². The number of hydrogen-bond acceptors (Lipinski definition) is 6. The van der Waals surface area contributed by atoms with E-state index in [0.717, 1.165) is 17.8 Å². The average Bonchev–Trinajstić information content (AvgIpc) is 2.99. The van der Waals surface area contributed by atoms with Crippen molar-refractivity contribution in [2.75, 3.05) is 13.1 Å². The smallest absolute Gasteiger partial charge is 0.268 e. The number of hydrogen-bond donors (Lipinski definition) is 1. The Kier molecular flexibility index (Phi) is 2.93. The minimum atomic E-state index is -0.583. The van der Waals surface area contributed by atoms with E-state index in [2.05, 4.69) is 15.0 Å². The van der Waals surface area contributed by atoms with Crippen LogP contribution >= 0.6 is 11.3 Å². The summed E-state index contributed by atoms with van der Waals surface area (Å²) in [7, 11) is 0. The van der Waals surface area contributed by atoms with Gasteiger partial charge in [-0.25, -0.2) is 0 Å². The van der Waals surface area contributed by atoms with Crippen LogP contribution in [0.15, 0.2) is 22.0 Å². The molecule has 0 aliphatic carbocycles. The maximum atomic E-state index is 9.89. The summed E-state index contributed by atoms with van der Waals surface area (Å²) >= 11 is 1.58. The van der Waals surface area contributed by atoms with Gasteiger partial charge in [0.25, 0.3) is 5.89 Å². The second-order valence-corrected chi connectivity index (χ2v) is 5.90. The minimum Gasteiger partial charge on any atom is -0.389 e. The Morgan fingerprint density at radius 2 is 2.50 bits per heavy atom. The lowest BCUT2D eigenvalue weighted by Crippen LogP contribution is -2.29. The molecule has 0 radical (unpaired) electrons. The molecule has 0 saturated carbocycles. The van der Waals surface area contributed by atoms with Gasteiger partial charge >= 0.3 is 0 Å². The van der Waals surface area contributed by atoms with E-state index in [4.69, 9.17) is 4.52 Å². The lowest BCUT2D eigenvalue weighted by atomic mass is 10.1. The molecule has 1 aliphatic heterocycles. The van der Waals surface area contributed by atoms with Gasteiger partial charge in [0.15, 0.2) is 5.82 Å². The van der Waals surface area contributed by atoms with Gasteiger partial charge in [0.2, 0.25) is 0 Å². The molecular formula is C12H15N3O2S. The largest absolute Gasteiger partial charge is 0.389 e. The minimum absolute atomic E-state index is 0.575. The number of thiophene rings is 1. The molecule has 3 rings (SSSR count). The Morgan fingerprint density at radius 1 is 1.61 bits per heavy atom. The SMILES string of the molecule is CC1(O)CCN(Cc2noc(-c3cccs3)n2)C1. The summed E-state index contributed by atoms with van der Waals surface area (Å²) < 4.78 is 5.23. The van der Waals surface area contributed by atoms with Gasteiger partial charge in [0.05, 0.1) is 17.0 Å². The quantitative estimate of drug-likeness (QED) is 0.916. The molecule has 6 heteroatoms. The van der Waals surface area contributed by atoms with Crippen LogP contribution in [-0.4, -0.2) is 38.8 Å². The van der Waals surface area contributed by atoms with Crippen LogP contribution in [0.1, 0.15) is 19.2 Å². The van der Waals surface area contributed by atoms with Crippen molar-refractivity contribution < 1.29 is 9.63 Å². The highest BCUT2D eigenvalue weighted by atomic mass is 32.1. The highest BCUT2D eigenvalue weighted by Gasteiger charge is 2.31. The van der Waals surface area contributed by atoms with Crippen LogP contribution in [0.25, 0.3) is 10.8 Å². The molecule has 96 valence electrons. The van der Waals surface area contributed by atoms with Gasteiger partial charge in [-0.05, 0) is 24.8 Å². The van der Waals surface area contributed by atoms with E-state index >= 15 is 0 Å². The summed E-state index contributed by atoms with van der Waals surface area (Å²) in [6.07, 6.45) is 0.794. The predicted octanol–water partition coefficient (Wildman–Crippen LogP) is 1.75. The lowest BCUT2D eigenvalue weighted by molar-refractivity contribution is 0.0675. The van der Waals surface area contributed by atoms with Gasteiger partial charge in [0.1, 0.15) is 0 Å². The Hall–Kier alpha value is -1.24. The van der Waals surface area contributed by atoms with Crippen LogP contribution in [0.2, 0.25) is 0 Å². The molecule has 0 amide bonds. The lowest BCUT2D eigenvalue weighted by Gasteiger charge is -2.16. The van der Waals surface area contributed by atoms with E-state index in [1.165, 1.54) is 0 Å². The Labute approximate surface area is 109 Å². The van der Waals surface area contributed by atoms with Crippen molar-refractivity contribution in [3.63, 3.8) is 0 Å². The molecule has 1 unspecified atom stereocenters. The van der Waals surface area contributed by atoms with Crippen molar-refractivity contribution in [3.8, 4) is 10.8 Å². The van der Waals surface area contributed by atoms with Crippen LogP contribution in [0.4, 0.5) is 0 Å². The second kappa shape index (κ2) is 4.46. The summed E-state index contributed by atoms with van der Waals surface area (Å²) in [5.41, 5.74) is -0.583. The van der Waals surface area contributed by atoms with Gasteiger partial charge in [0, 0.05) is 13.1 Å². The zero-order chi connectivity index (χ0) is 12.6. The summed E-state index contributed by atoms with van der Waals surface area (Å²) in [6.45, 7) is 4.02. The molecule has 2 aromatic rings. The van der Waals surface area contributed by atoms with Crippen molar-refractivity contribution in [3.05, 3.63) is 23.3 Å². The van der Waals surface area contributed by atoms with E-state index in [0.29, 0.717) is 24.8 Å². The van der Waals surface area contributed by atoms with Crippen molar-refractivity contribution in [1.29, 1.82) is 0 Å². The summed E-state index contributed by atoms with van der Waals surface area (Å²) in [5, 5.41) is 15.9. The first-order valence-corrected chi connectivity index (χ1v) is 6.82. The van der Waals surface area contributed by atoms with E-state index in [-0.39, 0.29) is 0 Å². The molecule has 0 spiro atoms. The highest BCUT2D eigenvalue weighted by molar-refractivity contribution is 7.13. The van der Waals surface area contributed by atoms with Crippen LogP contribution < -0.4 is 0 Å². The maximum Gasteiger partial charge on any atom is 0.268 e. The third kappa shape index (κ3) is 2.45. The van der Waals surface area contributed by atoms with Crippen molar-refractivity contribution in [1.82, 2.24) is 15.0 Å². The average molecular weight is 265 g/mol. The van der Waals surface area contributed by atoms with Gasteiger partial charge < -0.3 is 9.63 Å². The highest BCUT2D eigenvalue weighted by Crippen LogP contribution is 2.24. The Morgan fingerprint density at radius 3 is 3.17 bits per heavy atom. The molecule has 1 saturated heterocycles. The molecule has 1 N–H and O–H groups in total. The Bertz CT molecular complexity index is 521. The van der Waals surface area contributed by atoms with Crippen LogP contribution in [0.5, 0.6) is 0 Å². The number of nitrogens with zero attached hydrogens (tertiary/aromatic N) is 3. The fourth-order valence-electron chi connectivity index (χ4n) is 2.19. The normalized spacial score (nSPS) is 24.8. The zero-order valence-corrected chi connectivity index (χ0v) is 11.0. The fraction of sp³-hybridized carbons (Fsp3) is 0.500. The van der Waals surface area contributed by atoms with Crippen LogP contribution in [-0.2, 0) is 6.54 Å². The van der Waals surface area contributed by atoms with Crippen molar-refractivity contribution >= 4 is 11.3 Å². The standard InChI is InChI=1S/C12H15N3O2S/c1-12(16)4-5-15(8-12)7-10-13-11(17-14-10)9-3-2-6-18-9/h2-3,6,16H,4-5,7-8H2,1H3. The van der Waals surface area contributed by atoms with Crippen LogP contribution in [0.3, 0.4) is 0 Å². The second-order valence-electron chi connectivity index (χ2n) is 4.95. The third-order valence-corrected chi connectivity index (χ3v) is 3.95. The topological polar surface area (TPSA) is 62.4 Å². The molecule has 18 heavy (non-hydrogen) atoms. The van der Waals surface area contributed by atoms with Gasteiger partial charge in [-0.1, -0.05) is 11.2 Å². The first-order chi connectivity index (χ1) is 8.62. The first kappa shape index (κ1) is 11.8. The molecule has 1 atom stereocenters. The third-order valence-electron chi connectivity index (χ3n) is 3.10. The molecule has 0 bridgehead atoms. The first-order valence-electron chi connectivity index (χ1n) is 5.94. The van der Waals surface area contributed by atoms with E-state index in [1.807, 2.05) is 24.4 Å². The molecule has 1 aliphatic rings. The fourth-order valence-corrected chi connectivity index (χ4v) is 2.84. The predicted molar refractivity (Wildman–Crippen MR) is 68.1 cm³/mol. The van der Waals surface area contributed by atoms with E-state index < -0.39 is 5.60 Å². The number of rotatable bonds is 3. The number of aromatic nitrogens is 2. The number of aliphatic hydroxyl groups is 1. The van der Waals surface area contributed by atoms with E-state index in [1.54, 1.807) is 11.3 Å². The molecular weight excluding hydrogens is 250 g/mol.